The Morgan fingerprint density at radius 1 is 0.333 bits per heavy atom. The molecule has 0 amide bonds. The van der Waals surface area contributed by atoms with Crippen LogP contribution < -0.4 is 21.3 Å². The lowest BCUT2D eigenvalue weighted by Gasteiger charge is -2.49. The smallest absolute Gasteiger partial charge is 0.247 e. The summed E-state index contributed by atoms with van der Waals surface area (Å²) >= 11 is 0. The fourth-order valence-electron chi connectivity index (χ4n) is 9.90. The van der Waals surface area contributed by atoms with Crippen LogP contribution in [-0.4, -0.2) is 6.71 Å². The molecule has 0 bridgehead atoms. The van der Waals surface area contributed by atoms with Crippen LogP contribution in [0.4, 0.5) is 17.1 Å². The highest BCUT2D eigenvalue weighted by Crippen LogP contribution is 2.52. The number of hydrogen-bond acceptors (Lipinski definition) is 1. The van der Waals surface area contributed by atoms with Crippen LogP contribution in [-0.2, 0) is 5.41 Å². The quantitative estimate of drug-likeness (QED) is 0.154. The number of para-hydroxylation sites is 2. The van der Waals surface area contributed by atoms with Crippen molar-refractivity contribution in [2.75, 3.05) is 4.90 Å². The van der Waals surface area contributed by atoms with Crippen molar-refractivity contribution in [2.45, 2.75) is 5.41 Å². The Labute approximate surface area is 335 Å². The molecule has 11 rings (SSSR count). The fourth-order valence-corrected chi connectivity index (χ4v) is 9.90. The zero-order chi connectivity index (χ0) is 37.8. The van der Waals surface area contributed by atoms with Gasteiger partial charge in [0.15, 0.2) is 0 Å². The molecule has 0 N–H and O–H groups in total. The lowest BCUT2D eigenvalue weighted by atomic mass is 9.29. The molecule has 0 aliphatic carbocycles. The summed E-state index contributed by atoms with van der Waals surface area (Å²) in [6.07, 6.45) is 0. The van der Waals surface area contributed by atoms with Gasteiger partial charge in [-0.05, 0) is 73.6 Å². The van der Waals surface area contributed by atoms with E-state index in [2.05, 4.69) is 235 Å². The summed E-state index contributed by atoms with van der Waals surface area (Å²) in [4.78, 5) is 2.61. The van der Waals surface area contributed by atoms with Gasteiger partial charge in [-0.25, -0.2) is 0 Å². The van der Waals surface area contributed by atoms with Gasteiger partial charge < -0.3 is 4.90 Å². The van der Waals surface area contributed by atoms with E-state index in [1.54, 1.807) is 0 Å². The minimum absolute atomic E-state index is 0.0214. The molecule has 0 fully saturated rings. The summed E-state index contributed by atoms with van der Waals surface area (Å²) in [6, 6.07) is 85.3. The van der Waals surface area contributed by atoms with Gasteiger partial charge in [-0.2, -0.15) is 0 Å². The highest BCUT2D eigenvalue weighted by molar-refractivity contribution is 6.99. The minimum Gasteiger partial charge on any atom is -0.310 e. The van der Waals surface area contributed by atoms with Gasteiger partial charge in [0.2, 0.25) is 6.71 Å². The first-order valence-corrected chi connectivity index (χ1v) is 19.9. The summed E-state index contributed by atoms with van der Waals surface area (Å²) in [7, 11) is 0. The topological polar surface area (TPSA) is 3.24 Å². The van der Waals surface area contributed by atoms with Gasteiger partial charge in [0.05, 0.1) is 11.1 Å². The Morgan fingerprint density at radius 3 is 1.39 bits per heavy atom. The van der Waals surface area contributed by atoms with Crippen molar-refractivity contribution in [3.63, 3.8) is 0 Å². The third-order valence-electron chi connectivity index (χ3n) is 12.2. The van der Waals surface area contributed by atoms with E-state index in [0.29, 0.717) is 0 Å². The molecular formula is C55H38BN. The van der Waals surface area contributed by atoms with Crippen molar-refractivity contribution in [2.24, 2.45) is 0 Å². The molecular weight excluding hydrogens is 685 g/mol. The van der Waals surface area contributed by atoms with Crippen molar-refractivity contribution in [3.05, 3.63) is 253 Å². The average molecular weight is 724 g/mol. The number of rotatable bonds is 6. The number of hydrogen-bond donors (Lipinski definition) is 0. The molecule has 2 heteroatoms. The van der Waals surface area contributed by atoms with E-state index in [1.165, 1.54) is 89.1 Å². The second kappa shape index (κ2) is 13.5. The van der Waals surface area contributed by atoms with Crippen LogP contribution in [0.1, 0.15) is 22.3 Å². The monoisotopic (exact) mass is 723 g/mol. The summed E-state index contributed by atoms with van der Waals surface area (Å²) in [5, 5.41) is 0. The van der Waals surface area contributed by atoms with E-state index in [0.717, 1.165) is 0 Å². The second-order valence-corrected chi connectivity index (χ2v) is 15.2. The van der Waals surface area contributed by atoms with Crippen LogP contribution >= 0.6 is 0 Å². The molecule has 0 spiro atoms. The van der Waals surface area contributed by atoms with Gasteiger partial charge >= 0.3 is 0 Å². The molecule has 0 saturated carbocycles. The van der Waals surface area contributed by atoms with Crippen LogP contribution in [0.15, 0.2) is 231 Å². The van der Waals surface area contributed by atoms with Crippen LogP contribution in [0, 0.1) is 0 Å². The fraction of sp³-hybridized carbons (Fsp3) is 0.0182. The number of benzene rings is 9. The SMILES string of the molecule is c1ccc(-c2cc3c4c(c2)C(c2ccccc2)(c2ccccc2)c2ccccc2B4c2ccccc2N3c2c(-c3ccccc3)cccc2-c2ccccc2)cc1. The summed E-state index contributed by atoms with van der Waals surface area (Å²) in [6.45, 7) is 0.0214. The predicted molar refractivity (Wildman–Crippen MR) is 240 cm³/mol. The first kappa shape index (κ1) is 33.2. The van der Waals surface area contributed by atoms with E-state index >= 15 is 0 Å². The maximum atomic E-state index is 2.61. The Kier molecular flexibility index (Phi) is 7.89. The third-order valence-corrected chi connectivity index (χ3v) is 12.2. The predicted octanol–water partition coefficient (Wildman–Crippen LogP) is 11.7. The lowest BCUT2D eigenvalue weighted by molar-refractivity contribution is 0.751. The van der Waals surface area contributed by atoms with Crippen molar-refractivity contribution in [3.8, 4) is 33.4 Å². The zero-order valence-corrected chi connectivity index (χ0v) is 31.5. The Hall–Kier alpha value is -7.16. The van der Waals surface area contributed by atoms with Crippen molar-refractivity contribution in [1.82, 2.24) is 0 Å². The van der Waals surface area contributed by atoms with Crippen LogP contribution in [0.5, 0.6) is 0 Å². The molecule has 0 radical (unpaired) electrons. The van der Waals surface area contributed by atoms with Crippen LogP contribution in [0.25, 0.3) is 33.4 Å². The number of nitrogens with zero attached hydrogens (tertiary/aromatic N) is 1. The average Bonchev–Trinajstić information content (AvgIpc) is 3.30. The largest absolute Gasteiger partial charge is 0.310 e. The van der Waals surface area contributed by atoms with Gasteiger partial charge in [0.1, 0.15) is 0 Å². The molecule has 1 nitrogen and oxygen atoms in total. The van der Waals surface area contributed by atoms with Crippen LogP contribution in [0.3, 0.4) is 0 Å². The summed E-state index contributed by atoms with van der Waals surface area (Å²) in [5.41, 5.74) is 19.3. The molecule has 2 aliphatic rings. The molecule has 0 saturated heterocycles. The first-order chi connectivity index (χ1) is 28.3. The Bertz CT molecular complexity index is 2790. The number of anilines is 3. The third kappa shape index (κ3) is 5.11. The van der Waals surface area contributed by atoms with E-state index in [9.17, 15) is 0 Å². The first-order valence-electron chi connectivity index (χ1n) is 19.9. The molecule has 2 heterocycles. The molecule has 57 heavy (non-hydrogen) atoms. The van der Waals surface area contributed by atoms with Gasteiger partial charge in [0, 0.05) is 22.5 Å². The normalized spacial score (nSPS) is 13.3. The molecule has 2 aliphatic heterocycles. The molecule has 266 valence electrons. The summed E-state index contributed by atoms with van der Waals surface area (Å²) in [5.74, 6) is 0. The maximum Gasteiger partial charge on any atom is 0.247 e. The molecule has 9 aromatic carbocycles. The van der Waals surface area contributed by atoms with E-state index in [-0.39, 0.29) is 6.71 Å². The molecule has 0 unspecified atom stereocenters. The highest BCUT2D eigenvalue weighted by atomic mass is 15.2. The van der Waals surface area contributed by atoms with Gasteiger partial charge in [0.25, 0.3) is 0 Å². The summed E-state index contributed by atoms with van der Waals surface area (Å²) < 4.78 is 0. The van der Waals surface area contributed by atoms with Crippen molar-refractivity contribution >= 4 is 40.2 Å². The highest BCUT2D eigenvalue weighted by Gasteiger charge is 2.51. The molecule has 0 atom stereocenters. The van der Waals surface area contributed by atoms with Gasteiger partial charge in [-0.15, -0.1) is 0 Å². The van der Waals surface area contributed by atoms with E-state index < -0.39 is 5.41 Å². The standard InChI is InChI=1S/C55H38BN/c1-6-21-39(22-7-1)42-37-48-53-52(38-42)57(54-45(40-23-8-2-9-24-40)31-20-32-46(54)41-25-10-3-11-26-41)51-36-19-18-35-50(51)56(53)49-34-17-16-33-47(49)55(48,43-27-12-4-13-28-43)44-29-14-5-15-30-44/h1-38H. The molecule has 0 aromatic heterocycles. The lowest BCUT2D eigenvalue weighted by Crippen LogP contribution is -2.65. The van der Waals surface area contributed by atoms with Crippen molar-refractivity contribution in [1.29, 1.82) is 0 Å². The van der Waals surface area contributed by atoms with E-state index in [4.69, 9.17) is 0 Å². The zero-order valence-electron chi connectivity index (χ0n) is 31.5. The van der Waals surface area contributed by atoms with Crippen LogP contribution in [0.2, 0.25) is 0 Å². The van der Waals surface area contributed by atoms with Crippen molar-refractivity contribution < 1.29 is 0 Å². The Morgan fingerprint density at radius 2 is 0.807 bits per heavy atom. The van der Waals surface area contributed by atoms with Gasteiger partial charge in [-0.1, -0.05) is 218 Å². The second-order valence-electron chi connectivity index (χ2n) is 15.2. The van der Waals surface area contributed by atoms with Gasteiger partial charge in [-0.3, -0.25) is 0 Å². The molecule has 9 aromatic rings. The maximum absolute atomic E-state index is 2.61. The number of fused-ring (bicyclic) bond motifs is 4. The Balaban J connectivity index is 1.35. The van der Waals surface area contributed by atoms with E-state index in [1.807, 2.05) is 0 Å². The minimum atomic E-state index is -0.594.